The van der Waals surface area contributed by atoms with Gasteiger partial charge in [-0.1, -0.05) is 6.07 Å². The molecule has 1 aromatic heterocycles. The Morgan fingerprint density at radius 3 is 3.00 bits per heavy atom. The quantitative estimate of drug-likeness (QED) is 0.855. The predicted octanol–water partition coefficient (Wildman–Crippen LogP) is 1.31. The van der Waals surface area contributed by atoms with E-state index in [0.717, 1.165) is 18.7 Å². The lowest BCUT2D eigenvalue weighted by Gasteiger charge is -2.23. The molecule has 0 spiro atoms. The van der Waals surface area contributed by atoms with Crippen LogP contribution in [0.2, 0.25) is 0 Å². The summed E-state index contributed by atoms with van der Waals surface area (Å²) in [4.78, 5) is 0. The number of hydrogen-bond acceptors (Lipinski definition) is 4. The van der Waals surface area contributed by atoms with E-state index >= 15 is 0 Å². The van der Waals surface area contributed by atoms with Crippen molar-refractivity contribution in [3.05, 3.63) is 29.8 Å². The Morgan fingerprint density at radius 2 is 2.26 bits per heavy atom. The van der Waals surface area contributed by atoms with Crippen LogP contribution in [0.1, 0.15) is 12.2 Å². The molecule has 2 aromatic rings. The number of fused-ring (bicyclic) bond motifs is 1. The Kier molecular flexibility index (Phi) is 2.94. The van der Waals surface area contributed by atoms with Crippen molar-refractivity contribution < 1.29 is 9.50 Å². The van der Waals surface area contributed by atoms with Crippen molar-refractivity contribution in [1.29, 1.82) is 0 Å². The number of rotatable bonds is 2. The third-order valence-electron chi connectivity index (χ3n) is 3.59. The molecule has 0 fully saturated rings. The summed E-state index contributed by atoms with van der Waals surface area (Å²) >= 11 is 0. The van der Waals surface area contributed by atoms with Crippen LogP contribution < -0.4 is 5.73 Å². The Bertz CT molecular complexity index is 590. The minimum Gasteiger partial charge on any atom is -0.507 e. The highest BCUT2D eigenvalue weighted by Crippen LogP contribution is 2.32. The van der Waals surface area contributed by atoms with Gasteiger partial charge in [0, 0.05) is 13.0 Å². The summed E-state index contributed by atoms with van der Waals surface area (Å²) in [5, 5.41) is 18.0. The van der Waals surface area contributed by atoms with E-state index < -0.39 is 5.82 Å². The zero-order valence-corrected chi connectivity index (χ0v) is 10.4. The number of benzene rings is 1. The van der Waals surface area contributed by atoms with Gasteiger partial charge in [0.05, 0.1) is 5.56 Å². The first-order chi connectivity index (χ1) is 9.20. The number of nitrogens with two attached hydrogens (primary N) is 1. The van der Waals surface area contributed by atoms with Crippen molar-refractivity contribution in [3.8, 4) is 17.1 Å². The van der Waals surface area contributed by atoms with Gasteiger partial charge in [-0.2, -0.15) is 0 Å². The average Bonchev–Trinajstić information content (AvgIpc) is 2.81. The molecule has 1 aliphatic rings. The van der Waals surface area contributed by atoms with Gasteiger partial charge >= 0.3 is 0 Å². The smallest absolute Gasteiger partial charge is 0.170 e. The van der Waals surface area contributed by atoms with Crippen molar-refractivity contribution in [2.75, 3.05) is 6.54 Å². The van der Waals surface area contributed by atoms with Crippen molar-refractivity contribution in [2.45, 2.75) is 19.4 Å². The standard InChI is InChI=1S/C13H15FN4O/c14-9-2-1-3-10(19)12(9)13-17-16-11-5-4-8(6-15)7-18(11)13/h1-3,8,19H,4-7,15H2. The minimum atomic E-state index is -0.495. The first-order valence-electron chi connectivity index (χ1n) is 6.30. The zero-order chi connectivity index (χ0) is 13.4. The van der Waals surface area contributed by atoms with Crippen molar-refractivity contribution in [1.82, 2.24) is 14.8 Å². The Balaban J connectivity index is 2.10. The molecule has 2 heterocycles. The summed E-state index contributed by atoms with van der Waals surface area (Å²) in [5.41, 5.74) is 5.81. The maximum Gasteiger partial charge on any atom is 0.170 e. The first-order valence-corrected chi connectivity index (χ1v) is 6.30. The molecule has 1 unspecified atom stereocenters. The number of hydrogen-bond donors (Lipinski definition) is 2. The highest BCUT2D eigenvalue weighted by molar-refractivity contribution is 5.64. The van der Waals surface area contributed by atoms with E-state index in [1.54, 1.807) is 0 Å². The summed E-state index contributed by atoms with van der Waals surface area (Å²) < 4.78 is 15.8. The van der Waals surface area contributed by atoms with Gasteiger partial charge in [-0.15, -0.1) is 10.2 Å². The van der Waals surface area contributed by atoms with E-state index in [-0.39, 0.29) is 11.3 Å². The van der Waals surface area contributed by atoms with Crippen molar-refractivity contribution in [3.63, 3.8) is 0 Å². The molecule has 1 atom stereocenters. The van der Waals surface area contributed by atoms with Crippen LogP contribution in [-0.4, -0.2) is 26.4 Å². The lowest BCUT2D eigenvalue weighted by molar-refractivity contribution is 0.375. The molecule has 100 valence electrons. The molecule has 0 bridgehead atoms. The third-order valence-corrected chi connectivity index (χ3v) is 3.59. The molecular weight excluding hydrogens is 247 g/mol. The van der Waals surface area contributed by atoms with E-state index in [1.165, 1.54) is 18.2 Å². The molecule has 6 heteroatoms. The number of nitrogens with zero attached hydrogens (tertiary/aromatic N) is 3. The maximum atomic E-state index is 13.9. The highest BCUT2D eigenvalue weighted by atomic mass is 19.1. The van der Waals surface area contributed by atoms with E-state index in [1.807, 2.05) is 4.57 Å². The van der Waals surface area contributed by atoms with Crippen molar-refractivity contribution in [2.24, 2.45) is 11.7 Å². The van der Waals surface area contributed by atoms with Crippen LogP contribution in [0.5, 0.6) is 5.75 Å². The van der Waals surface area contributed by atoms with Crippen molar-refractivity contribution >= 4 is 0 Å². The molecule has 19 heavy (non-hydrogen) atoms. The fraction of sp³-hybridized carbons (Fsp3) is 0.385. The van der Waals surface area contributed by atoms with Crippen LogP contribution in [0.15, 0.2) is 18.2 Å². The summed E-state index contributed by atoms with van der Waals surface area (Å²) in [5.74, 6) is 0.928. The van der Waals surface area contributed by atoms with Gasteiger partial charge in [0.2, 0.25) is 0 Å². The van der Waals surface area contributed by atoms with Gasteiger partial charge in [0.1, 0.15) is 17.4 Å². The molecule has 3 N–H and O–H groups in total. The summed E-state index contributed by atoms with van der Waals surface area (Å²) in [7, 11) is 0. The van der Waals surface area contributed by atoms with Gasteiger partial charge in [-0.3, -0.25) is 0 Å². The van der Waals surface area contributed by atoms with Gasteiger partial charge in [0.15, 0.2) is 5.82 Å². The Labute approximate surface area is 109 Å². The molecule has 3 rings (SSSR count). The SMILES string of the molecule is NCC1CCc2nnc(-c3c(O)cccc3F)n2C1. The van der Waals surface area contributed by atoms with E-state index in [9.17, 15) is 9.50 Å². The molecule has 0 saturated carbocycles. The summed E-state index contributed by atoms with van der Waals surface area (Å²) in [6.45, 7) is 1.25. The van der Waals surface area contributed by atoms with Crippen LogP contribution in [0.25, 0.3) is 11.4 Å². The van der Waals surface area contributed by atoms with Crippen LogP contribution >= 0.6 is 0 Å². The summed E-state index contributed by atoms with van der Waals surface area (Å²) in [6, 6.07) is 4.22. The van der Waals surface area contributed by atoms with Crippen LogP contribution in [0, 0.1) is 11.7 Å². The number of aromatic nitrogens is 3. The van der Waals surface area contributed by atoms with Gasteiger partial charge in [0.25, 0.3) is 0 Å². The van der Waals surface area contributed by atoms with E-state index in [2.05, 4.69) is 10.2 Å². The normalized spacial score (nSPS) is 18.3. The first kappa shape index (κ1) is 12.1. The molecule has 0 saturated heterocycles. The molecule has 0 radical (unpaired) electrons. The largest absolute Gasteiger partial charge is 0.507 e. The second-order valence-corrected chi connectivity index (χ2v) is 4.82. The molecular formula is C13H15FN4O. The highest BCUT2D eigenvalue weighted by Gasteiger charge is 2.25. The number of aromatic hydroxyl groups is 1. The number of halogens is 1. The number of aryl methyl sites for hydroxylation is 1. The van der Waals surface area contributed by atoms with Gasteiger partial charge in [-0.25, -0.2) is 4.39 Å². The molecule has 1 aromatic carbocycles. The zero-order valence-electron chi connectivity index (χ0n) is 10.4. The Morgan fingerprint density at radius 1 is 1.42 bits per heavy atom. The Hall–Kier alpha value is -1.95. The van der Waals surface area contributed by atoms with Gasteiger partial charge in [-0.05, 0) is 31.0 Å². The molecule has 0 aliphatic carbocycles. The molecule has 1 aliphatic heterocycles. The third kappa shape index (κ3) is 1.98. The second-order valence-electron chi connectivity index (χ2n) is 4.82. The number of phenols is 1. The monoisotopic (exact) mass is 262 g/mol. The lowest BCUT2D eigenvalue weighted by Crippen LogP contribution is -2.26. The average molecular weight is 262 g/mol. The van der Waals surface area contributed by atoms with Crippen LogP contribution in [-0.2, 0) is 13.0 Å². The minimum absolute atomic E-state index is 0.110. The summed E-state index contributed by atoms with van der Waals surface area (Å²) in [6.07, 6.45) is 1.75. The molecule has 5 nitrogen and oxygen atoms in total. The van der Waals surface area contributed by atoms with Gasteiger partial charge < -0.3 is 15.4 Å². The maximum absolute atomic E-state index is 13.9. The fourth-order valence-electron chi connectivity index (χ4n) is 2.51. The van der Waals surface area contributed by atoms with E-state index in [4.69, 9.17) is 5.73 Å². The number of phenolic OH excluding ortho intramolecular Hbond substituents is 1. The second kappa shape index (κ2) is 4.62. The predicted molar refractivity (Wildman–Crippen MR) is 67.9 cm³/mol. The lowest BCUT2D eigenvalue weighted by atomic mass is 9.99. The topological polar surface area (TPSA) is 77.0 Å². The fourth-order valence-corrected chi connectivity index (χ4v) is 2.51. The molecule has 0 amide bonds. The van der Waals surface area contributed by atoms with Crippen LogP contribution in [0.4, 0.5) is 4.39 Å². The van der Waals surface area contributed by atoms with Crippen LogP contribution in [0.3, 0.4) is 0 Å². The van der Waals surface area contributed by atoms with E-state index in [0.29, 0.717) is 24.8 Å².